The number of benzene rings is 1. The Hall–Kier alpha value is -2.13. The number of unbranched alkanes of at least 4 members (excludes halogenated alkanes) is 1. The number of aliphatic carboxylic acids is 1. The van der Waals surface area contributed by atoms with Gasteiger partial charge in [-0.05, 0) is 31.9 Å². The van der Waals surface area contributed by atoms with Gasteiger partial charge in [-0.25, -0.2) is 0 Å². The van der Waals surface area contributed by atoms with Crippen molar-refractivity contribution in [2.75, 3.05) is 79.3 Å². The van der Waals surface area contributed by atoms with Crippen molar-refractivity contribution >= 4 is 22.1 Å². The fourth-order valence-corrected chi connectivity index (χ4v) is 3.68. The number of hydrogen-bond acceptors (Lipinski definition) is 11. The average molecular weight is 565 g/mol. The summed E-state index contributed by atoms with van der Waals surface area (Å²) in [4.78, 5) is 21.9. The summed E-state index contributed by atoms with van der Waals surface area (Å²) >= 11 is 0. The second kappa shape index (κ2) is 21.8. The lowest BCUT2D eigenvalue weighted by molar-refractivity contribution is -0.146. The number of carbonyl (C=O) groups is 2. The smallest absolute Gasteiger partial charge is 0.305 e. The molecule has 0 bridgehead atoms. The van der Waals surface area contributed by atoms with Gasteiger partial charge in [-0.3, -0.25) is 13.8 Å². The van der Waals surface area contributed by atoms with Gasteiger partial charge >= 0.3 is 11.9 Å². The highest BCUT2D eigenvalue weighted by Crippen LogP contribution is 2.12. The quantitative estimate of drug-likeness (QED) is 0.105. The molecule has 0 amide bonds. The first-order valence-corrected chi connectivity index (χ1v) is 13.9. The lowest BCUT2D eigenvalue weighted by Crippen LogP contribution is -2.15. The minimum atomic E-state index is -3.78. The fraction of sp³-hybridized carbons (Fsp3) is 0.680. The van der Waals surface area contributed by atoms with E-state index in [4.69, 9.17) is 37.7 Å². The molecule has 0 spiro atoms. The van der Waals surface area contributed by atoms with Gasteiger partial charge in [0, 0.05) is 12.8 Å². The third-order valence-electron chi connectivity index (χ3n) is 4.78. The van der Waals surface area contributed by atoms with Gasteiger partial charge in [-0.15, -0.1) is 0 Å². The highest BCUT2D eigenvalue weighted by atomic mass is 32.2. The third kappa shape index (κ3) is 19.0. The molecule has 12 nitrogen and oxygen atoms in total. The van der Waals surface area contributed by atoms with Crippen LogP contribution in [-0.2, 0) is 52.3 Å². The fourth-order valence-electron chi connectivity index (χ4n) is 2.79. The van der Waals surface area contributed by atoms with Gasteiger partial charge in [0.2, 0.25) is 0 Å². The lowest BCUT2D eigenvalue weighted by atomic mass is 10.2. The first kappa shape index (κ1) is 33.9. The number of hydrogen-bond donors (Lipinski definition) is 1. The summed E-state index contributed by atoms with van der Waals surface area (Å²) in [6, 6.07) is 6.43. The highest BCUT2D eigenvalue weighted by molar-refractivity contribution is 7.86. The van der Waals surface area contributed by atoms with E-state index in [0.717, 1.165) is 5.56 Å². The Morgan fingerprint density at radius 3 is 1.55 bits per heavy atom. The number of carbonyl (C=O) groups excluding carboxylic acids is 1. The second-order valence-electron chi connectivity index (χ2n) is 7.97. The molecule has 0 unspecified atom stereocenters. The molecule has 0 aliphatic carbocycles. The van der Waals surface area contributed by atoms with Crippen LogP contribution in [0.3, 0.4) is 0 Å². The molecule has 0 atom stereocenters. The Morgan fingerprint density at radius 1 is 0.658 bits per heavy atom. The molecule has 1 rings (SSSR count). The first-order valence-electron chi connectivity index (χ1n) is 12.5. The van der Waals surface area contributed by atoms with Crippen LogP contribution in [0.2, 0.25) is 0 Å². The Bertz CT molecular complexity index is 858. The molecule has 1 N–H and O–H groups in total. The van der Waals surface area contributed by atoms with Gasteiger partial charge in [0.25, 0.3) is 10.1 Å². The van der Waals surface area contributed by atoms with Gasteiger partial charge in [0.15, 0.2) is 0 Å². The molecule has 0 aromatic heterocycles. The van der Waals surface area contributed by atoms with Gasteiger partial charge < -0.3 is 33.5 Å². The van der Waals surface area contributed by atoms with Crippen molar-refractivity contribution < 1.29 is 55.7 Å². The third-order valence-corrected chi connectivity index (χ3v) is 6.10. The molecule has 13 heteroatoms. The van der Waals surface area contributed by atoms with Crippen LogP contribution < -0.4 is 0 Å². The van der Waals surface area contributed by atoms with Crippen molar-refractivity contribution in [1.82, 2.24) is 0 Å². The topological polar surface area (TPSA) is 153 Å². The van der Waals surface area contributed by atoms with E-state index in [2.05, 4.69) is 0 Å². The van der Waals surface area contributed by atoms with E-state index in [9.17, 15) is 18.0 Å². The van der Waals surface area contributed by atoms with E-state index >= 15 is 0 Å². The molecule has 0 saturated carbocycles. The molecular formula is C25H40O12S. The second-order valence-corrected chi connectivity index (χ2v) is 9.59. The van der Waals surface area contributed by atoms with Crippen molar-refractivity contribution in [1.29, 1.82) is 0 Å². The van der Waals surface area contributed by atoms with E-state index in [1.165, 1.54) is 12.1 Å². The van der Waals surface area contributed by atoms with Crippen LogP contribution >= 0.6 is 0 Å². The summed E-state index contributed by atoms with van der Waals surface area (Å²) in [5.41, 5.74) is 0.965. The summed E-state index contributed by atoms with van der Waals surface area (Å²) in [6.07, 6.45) is 1.20. The molecule has 0 radical (unpaired) electrons. The average Bonchev–Trinajstić information content (AvgIpc) is 2.88. The zero-order chi connectivity index (χ0) is 27.9. The number of esters is 1. The molecule has 0 heterocycles. The van der Waals surface area contributed by atoms with E-state index in [0.29, 0.717) is 65.7 Å². The molecular weight excluding hydrogens is 524 g/mol. The minimum Gasteiger partial charge on any atom is -0.481 e. The van der Waals surface area contributed by atoms with Gasteiger partial charge in [-0.2, -0.15) is 8.42 Å². The predicted octanol–water partition coefficient (Wildman–Crippen LogP) is 1.97. The number of rotatable bonds is 25. The van der Waals surface area contributed by atoms with Gasteiger partial charge in [-0.1, -0.05) is 17.7 Å². The summed E-state index contributed by atoms with van der Waals surface area (Å²) in [6.45, 7) is 5.36. The van der Waals surface area contributed by atoms with E-state index in [1.54, 1.807) is 12.1 Å². The Kier molecular flexibility index (Phi) is 19.4. The maximum Gasteiger partial charge on any atom is 0.305 e. The lowest BCUT2D eigenvalue weighted by Gasteiger charge is -2.09. The minimum absolute atomic E-state index is 0.0516. The summed E-state index contributed by atoms with van der Waals surface area (Å²) in [5, 5.41) is 8.52. The van der Waals surface area contributed by atoms with E-state index in [1.807, 2.05) is 6.92 Å². The van der Waals surface area contributed by atoms with Crippen LogP contribution in [0.25, 0.3) is 0 Å². The van der Waals surface area contributed by atoms with Crippen LogP contribution in [0, 0.1) is 6.92 Å². The summed E-state index contributed by atoms with van der Waals surface area (Å²) < 4.78 is 60.7. The van der Waals surface area contributed by atoms with Crippen LogP contribution in [0.5, 0.6) is 0 Å². The highest BCUT2D eigenvalue weighted by Gasteiger charge is 2.14. The van der Waals surface area contributed by atoms with Crippen molar-refractivity contribution in [3.05, 3.63) is 29.8 Å². The van der Waals surface area contributed by atoms with Gasteiger partial charge in [0.1, 0.15) is 6.61 Å². The molecule has 0 aliphatic heterocycles. The van der Waals surface area contributed by atoms with Gasteiger partial charge in [0.05, 0.1) is 77.6 Å². The Balaban J connectivity index is 1.78. The van der Waals surface area contributed by atoms with Crippen LogP contribution in [0.15, 0.2) is 29.2 Å². The predicted molar refractivity (Wildman–Crippen MR) is 135 cm³/mol. The normalized spacial score (nSPS) is 11.5. The van der Waals surface area contributed by atoms with E-state index < -0.39 is 16.1 Å². The molecule has 0 aliphatic rings. The Morgan fingerprint density at radius 2 is 1.08 bits per heavy atom. The van der Waals surface area contributed by atoms with E-state index in [-0.39, 0.29) is 50.1 Å². The monoisotopic (exact) mass is 564 g/mol. The number of aryl methyl sites for hydroxylation is 1. The number of ether oxygens (including phenoxy) is 6. The Labute approximate surface area is 224 Å². The van der Waals surface area contributed by atoms with Crippen LogP contribution in [0.4, 0.5) is 0 Å². The molecule has 218 valence electrons. The summed E-state index contributed by atoms with van der Waals surface area (Å²) in [7, 11) is -3.78. The van der Waals surface area contributed by atoms with Crippen molar-refractivity contribution in [3.63, 3.8) is 0 Å². The zero-order valence-corrected chi connectivity index (χ0v) is 22.8. The first-order chi connectivity index (χ1) is 18.3. The molecule has 1 aromatic carbocycles. The molecule has 0 fully saturated rings. The molecule has 0 saturated heterocycles. The SMILES string of the molecule is Cc1ccc(S(=O)(=O)OCCOCCOCCOCCOCCOCCOC(=O)CCCCC(=O)O)cc1. The standard InChI is InChI=1S/C25H40O12S/c1-22-6-8-23(9-7-22)38(29,30)37-21-19-35-17-15-33-13-11-31-10-12-32-14-16-34-18-20-36-25(28)5-3-2-4-24(26)27/h6-9H,2-5,10-21H2,1H3,(H,26,27). The van der Waals surface area contributed by atoms with Crippen molar-refractivity contribution in [2.24, 2.45) is 0 Å². The maximum atomic E-state index is 12.0. The largest absolute Gasteiger partial charge is 0.481 e. The van der Waals surface area contributed by atoms with Crippen molar-refractivity contribution in [3.8, 4) is 0 Å². The molecule has 1 aromatic rings. The number of carboxylic acids is 1. The van der Waals surface area contributed by atoms with Crippen LogP contribution in [0.1, 0.15) is 31.2 Å². The zero-order valence-electron chi connectivity index (χ0n) is 22.0. The van der Waals surface area contributed by atoms with Crippen molar-refractivity contribution in [2.45, 2.75) is 37.5 Å². The van der Waals surface area contributed by atoms with Crippen LogP contribution in [-0.4, -0.2) is 105 Å². The molecule has 38 heavy (non-hydrogen) atoms. The summed E-state index contributed by atoms with van der Waals surface area (Å²) in [5.74, 6) is -1.23. The maximum absolute atomic E-state index is 12.0. The number of carboxylic acid groups (broad SMARTS) is 1.